The summed E-state index contributed by atoms with van der Waals surface area (Å²) in [5, 5.41) is 0. The minimum absolute atomic E-state index is 0.0625. The highest BCUT2D eigenvalue weighted by atomic mass is 19.1. The van der Waals surface area contributed by atoms with Gasteiger partial charge in [-0.15, -0.1) is 0 Å². The maximum absolute atomic E-state index is 13.5. The van der Waals surface area contributed by atoms with Crippen LogP contribution in [0.5, 0.6) is 5.75 Å². The molecule has 0 aliphatic rings. The van der Waals surface area contributed by atoms with Crippen LogP contribution in [0.25, 0.3) is 0 Å². The number of nitrogens with two attached hydrogens (primary N) is 1. The van der Waals surface area contributed by atoms with Crippen LogP contribution >= 0.6 is 0 Å². The third-order valence-electron chi connectivity index (χ3n) is 2.36. The molecule has 2 atom stereocenters. The molecule has 90 valence electrons. The Hall–Kier alpha value is -1.13. The minimum atomic E-state index is -0.391. The number of methoxy groups -OCH3 is 1. The Kier molecular flexibility index (Phi) is 4.71. The van der Waals surface area contributed by atoms with E-state index in [9.17, 15) is 4.39 Å². The van der Waals surface area contributed by atoms with E-state index < -0.39 is 5.82 Å². The van der Waals surface area contributed by atoms with Gasteiger partial charge in [-0.25, -0.2) is 4.39 Å². The Balaban J connectivity index is 2.68. The zero-order chi connectivity index (χ0) is 12.1. The van der Waals surface area contributed by atoms with Gasteiger partial charge in [-0.05, 0) is 31.5 Å². The molecule has 0 heterocycles. The molecule has 0 aliphatic heterocycles. The second-order valence-corrected chi connectivity index (χ2v) is 3.84. The molecule has 16 heavy (non-hydrogen) atoms. The summed E-state index contributed by atoms with van der Waals surface area (Å²) in [6.45, 7) is 3.99. The highest BCUT2D eigenvalue weighted by Gasteiger charge is 2.08. The van der Waals surface area contributed by atoms with E-state index in [2.05, 4.69) is 0 Å². The minimum Gasteiger partial charge on any atom is -0.488 e. The fourth-order valence-electron chi connectivity index (χ4n) is 1.19. The first-order valence-electron chi connectivity index (χ1n) is 5.25. The van der Waals surface area contributed by atoms with Gasteiger partial charge in [0.15, 0.2) is 11.6 Å². The van der Waals surface area contributed by atoms with E-state index in [0.29, 0.717) is 6.61 Å². The average molecular weight is 227 g/mol. The molecular formula is C12H18FNO2. The highest BCUT2D eigenvalue weighted by Crippen LogP contribution is 2.21. The Morgan fingerprint density at radius 2 is 2.06 bits per heavy atom. The van der Waals surface area contributed by atoms with Gasteiger partial charge in [-0.1, -0.05) is 6.07 Å². The van der Waals surface area contributed by atoms with Crippen molar-refractivity contribution in [1.29, 1.82) is 0 Å². The number of ether oxygens (including phenoxy) is 2. The maximum atomic E-state index is 13.5. The van der Waals surface area contributed by atoms with Crippen LogP contribution in [0.3, 0.4) is 0 Å². The van der Waals surface area contributed by atoms with Gasteiger partial charge >= 0.3 is 0 Å². The first kappa shape index (κ1) is 12.9. The van der Waals surface area contributed by atoms with E-state index in [1.807, 2.05) is 13.8 Å². The molecule has 0 spiro atoms. The van der Waals surface area contributed by atoms with E-state index in [1.165, 1.54) is 6.07 Å². The summed E-state index contributed by atoms with van der Waals surface area (Å²) in [6.07, 6.45) is -0.0625. The molecular weight excluding hydrogens is 209 g/mol. The van der Waals surface area contributed by atoms with Crippen LogP contribution in [-0.2, 0) is 4.74 Å². The van der Waals surface area contributed by atoms with Crippen molar-refractivity contribution in [3.63, 3.8) is 0 Å². The number of hydrogen-bond donors (Lipinski definition) is 1. The van der Waals surface area contributed by atoms with Gasteiger partial charge in [0, 0.05) is 13.2 Å². The molecule has 0 radical (unpaired) electrons. The van der Waals surface area contributed by atoms with Gasteiger partial charge in [-0.3, -0.25) is 0 Å². The van der Waals surface area contributed by atoms with Crippen molar-refractivity contribution in [1.82, 2.24) is 0 Å². The third-order valence-corrected chi connectivity index (χ3v) is 2.36. The second-order valence-electron chi connectivity index (χ2n) is 3.84. The van der Waals surface area contributed by atoms with E-state index >= 15 is 0 Å². The van der Waals surface area contributed by atoms with Crippen LogP contribution in [0.15, 0.2) is 18.2 Å². The summed E-state index contributed by atoms with van der Waals surface area (Å²) in [5.41, 5.74) is 6.40. The molecule has 0 saturated carbocycles. The van der Waals surface area contributed by atoms with Crippen molar-refractivity contribution < 1.29 is 13.9 Å². The molecule has 0 aliphatic carbocycles. The van der Waals surface area contributed by atoms with E-state index in [4.69, 9.17) is 15.2 Å². The fourth-order valence-corrected chi connectivity index (χ4v) is 1.19. The van der Waals surface area contributed by atoms with Gasteiger partial charge in [0.2, 0.25) is 0 Å². The summed E-state index contributed by atoms with van der Waals surface area (Å²) in [5.74, 6) is -0.161. The molecule has 2 N–H and O–H groups in total. The molecule has 1 rings (SSSR count). The van der Waals surface area contributed by atoms with Gasteiger partial charge in [0.05, 0.1) is 6.10 Å². The SMILES string of the molecule is COC(C)COc1ccc(C(C)N)cc1F. The normalized spacial score (nSPS) is 14.6. The van der Waals surface area contributed by atoms with E-state index in [-0.39, 0.29) is 17.9 Å². The summed E-state index contributed by atoms with van der Waals surface area (Å²) in [7, 11) is 1.59. The molecule has 3 nitrogen and oxygen atoms in total. The lowest BCUT2D eigenvalue weighted by Crippen LogP contribution is -2.16. The van der Waals surface area contributed by atoms with Crippen LogP contribution in [0.4, 0.5) is 4.39 Å². The van der Waals surface area contributed by atoms with Crippen LogP contribution < -0.4 is 10.5 Å². The maximum Gasteiger partial charge on any atom is 0.165 e. The Labute approximate surface area is 95.4 Å². The molecule has 0 amide bonds. The van der Waals surface area contributed by atoms with Crippen molar-refractivity contribution in [2.45, 2.75) is 26.0 Å². The van der Waals surface area contributed by atoms with Gasteiger partial charge in [0.25, 0.3) is 0 Å². The zero-order valence-corrected chi connectivity index (χ0v) is 9.87. The Morgan fingerprint density at radius 3 is 2.56 bits per heavy atom. The Bertz CT molecular complexity index is 342. The summed E-state index contributed by atoms with van der Waals surface area (Å²) >= 11 is 0. The standard InChI is InChI=1S/C12H18FNO2/c1-8(15-3)7-16-12-5-4-10(9(2)14)6-11(12)13/h4-6,8-9H,7,14H2,1-3H3. The molecule has 0 aromatic heterocycles. The Morgan fingerprint density at radius 1 is 1.38 bits per heavy atom. The smallest absolute Gasteiger partial charge is 0.165 e. The second kappa shape index (κ2) is 5.82. The first-order valence-corrected chi connectivity index (χ1v) is 5.25. The topological polar surface area (TPSA) is 44.5 Å². The van der Waals surface area contributed by atoms with Crippen LogP contribution in [0.1, 0.15) is 25.5 Å². The first-order chi connectivity index (χ1) is 7.54. The van der Waals surface area contributed by atoms with Crippen molar-refractivity contribution in [2.24, 2.45) is 5.73 Å². The lowest BCUT2D eigenvalue weighted by molar-refractivity contribution is 0.0701. The lowest BCUT2D eigenvalue weighted by Gasteiger charge is -2.13. The quantitative estimate of drug-likeness (QED) is 0.839. The summed E-state index contributed by atoms with van der Waals surface area (Å²) in [6, 6.07) is 4.58. The van der Waals surface area contributed by atoms with Crippen LogP contribution in [0.2, 0.25) is 0 Å². The summed E-state index contributed by atoms with van der Waals surface area (Å²) in [4.78, 5) is 0. The van der Waals surface area contributed by atoms with Crippen molar-refractivity contribution in [3.8, 4) is 5.75 Å². The van der Waals surface area contributed by atoms with Gasteiger partial charge in [-0.2, -0.15) is 0 Å². The average Bonchev–Trinajstić information content (AvgIpc) is 2.26. The van der Waals surface area contributed by atoms with E-state index in [0.717, 1.165) is 5.56 Å². The molecule has 0 fully saturated rings. The molecule has 0 bridgehead atoms. The molecule has 0 saturated heterocycles. The lowest BCUT2D eigenvalue weighted by atomic mass is 10.1. The molecule has 4 heteroatoms. The highest BCUT2D eigenvalue weighted by molar-refractivity contribution is 5.30. The number of hydrogen-bond acceptors (Lipinski definition) is 3. The predicted molar refractivity (Wildman–Crippen MR) is 61.0 cm³/mol. The third kappa shape index (κ3) is 3.47. The van der Waals surface area contributed by atoms with Crippen LogP contribution in [-0.4, -0.2) is 19.8 Å². The molecule has 1 aromatic rings. The van der Waals surface area contributed by atoms with Crippen molar-refractivity contribution in [2.75, 3.05) is 13.7 Å². The van der Waals surface area contributed by atoms with Crippen molar-refractivity contribution in [3.05, 3.63) is 29.6 Å². The predicted octanol–water partition coefficient (Wildman–Crippen LogP) is 2.26. The monoisotopic (exact) mass is 227 g/mol. The number of rotatable bonds is 5. The van der Waals surface area contributed by atoms with Gasteiger partial charge in [0.1, 0.15) is 6.61 Å². The summed E-state index contributed by atoms with van der Waals surface area (Å²) < 4.78 is 23.8. The van der Waals surface area contributed by atoms with Crippen molar-refractivity contribution >= 4 is 0 Å². The fraction of sp³-hybridized carbons (Fsp3) is 0.500. The van der Waals surface area contributed by atoms with Gasteiger partial charge < -0.3 is 15.2 Å². The number of halogens is 1. The largest absolute Gasteiger partial charge is 0.488 e. The number of benzene rings is 1. The zero-order valence-electron chi connectivity index (χ0n) is 9.87. The van der Waals surface area contributed by atoms with Crippen LogP contribution in [0, 0.1) is 5.82 Å². The van der Waals surface area contributed by atoms with E-state index in [1.54, 1.807) is 19.2 Å². The molecule has 1 aromatic carbocycles. The molecule has 2 unspecified atom stereocenters.